The van der Waals surface area contributed by atoms with Crippen molar-refractivity contribution >= 4 is 0 Å². The summed E-state index contributed by atoms with van der Waals surface area (Å²) in [4.78, 5) is 6.56. The van der Waals surface area contributed by atoms with Crippen LogP contribution in [0.25, 0.3) is 0 Å². The van der Waals surface area contributed by atoms with E-state index in [-0.39, 0.29) is 0 Å². The van der Waals surface area contributed by atoms with Crippen LogP contribution in [0.15, 0.2) is 24.5 Å². The van der Waals surface area contributed by atoms with Crippen LogP contribution in [0.3, 0.4) is 0 Å². The highest BCUT2D eigenvalue weighted by Crippen LogP contribution is 2.13. The number of nitrogens with zero attached hydrogens (tertiary/aromatic N) is 2. The van der Waals surface area contributed by atoms with Crippen LogP contribution < -0.4 is 0 Å². The zero-order valence-electron chi connectivity index (χ0n) is 9.39. The highest BCUT2D eigenvalue weighted by atomic mass is 16.5. The summed E-state index contributed by atoms with van der Waals surface area (Å²) in [5.74, 6) is 0. The Hall–Kier alpha value is -0.930. The van der Waals surface area contributed by atoms with E-state index in [0.29, 0.717) is 12.2 Å². The SMILES string of the molecule is C[C@@H]1CN(Cc2cccnc2)C[C@@H](C)O1. The smallest absolute Gasteiger partial charge is 0.0678 e. The lowest BCUT2D eigenvalue weighted by Gasteiger charge is -2.35. The van der Waals surface area contributed by atoms with E-state index in [1.165, 1.54) is 5.56 Å². The molecule has 2 atom stereocenters. The summed E-state index contributed by atoms with van der Waals surface area (Å²) in [6.45, 7) is 7.27. The highest BCUT2D eigenvalue weighted by molar-refractivity contribution is 5.08. The maximum Gasteiger partial charge on any atom is 0.0678 e. The summed E-state index contributed by atoms with van der Waals surface area (Å²) in [6.07, 6.45) is 4.43. The summed E-state index contributed by atoms with van der Waals surface area (Å²) < 4.78 is 5.70. The molecule has 0 amide bonds. The van der Waals surface area contributed by atoms with E-state index in [2.05, 4.69) is 29.8 Å². The van der Waals surface area contributed by atoms with Gasteiger partial charge in [0.2, 0.25) is 0 Å². The van der Waals surface area contributed by atoms with Crippen LogP contribution >= 0.6 is 0 Å². The summed E-state index contributed by atoms with van der Waals surface area (Å²) >= 11 is 0. The molecule has 3 nitrogen and oxygen atoms in total. The highest BCUT2D eigenvalue weighted by Gasteiger charge is 2.21. The average molecular weight is 206 g/mol. The molecule has 3 heteroatoms. The van der Waals surface area contributed by atoms with Gasteiger partial charge < -0.3 is 4.74 Å². The fourth-order valence-corrected chi connectivity index (χ4v) is 2.16. The Morgan fingerprint density at radius 1 is 1.40 bits per heavy atom. The molecule has 1 aliphatic rings. The molecule has 1 saturated heterocycles. The van der Waals surface area contributed by atoms with Gasteiger partial charge in [0.1, 0.15) is 0 Å². The molecule has 1 aromatic rings. The lowest BCUT2D eigenvalue weighted by Crippen LogP contribution is -2.44. The van der Waals surface area contributed by atoms with Crippen LogP contribution in [0.1, 0.15) is 19.4 Å². The number of rotatable bonds is 2. The third-order valence-electron chi connectivity index (χ3n) is 2.62. The quantitative estimate of drug-likeness (QED) is 0.736. The molecule has 0 spiro atoms. The van der Waals surface area contributed by atoms with Crippen LogP contribution in [0.4, 0.5) is 0 Å². The molecule has 0 unspecified atom stereocenters. The molecule has 0 N–H and O–H groups in total. The molecular weight excluding hydrogens is 188 g/mol. The van der Waals surface area contributed by atoms with Gasteiger partial charge in [-0.3, -0.25) is 9.88 Å². The largest absolute Gasteiger partial charge is 0.373 e. The molecule has 15 heavy (non-hydrogen) atoms. The second-order valence-corrected chi connectivity index (χ2v) is 4.31. The molecule has 0 saturated carbocycles. The van der Waals surface area contributed by atoms with Gasteiger partial charge in [0, 0.05) is 32.0 Å². The Kier molecular flexibility index (Phi) is 3.34. The van der Waals surface area contributed by atoms with Crippen molar-refractivity contribution in [2.24, 2.45) is 0 Å². The van der Waals surface area contributed by atoms with Crippen LogP contribution in [0.5, 0.6) is 0 Å². The van der Waals surface area contributed by atoms with Crippen molar-refractivity contribution < 1.29 is 4.74 Å². The van der Waals surface area contributed by atoms with Crippen LogP contribution in [0.2, 0.25) is 0 Å². The van der Waals surface area contributed by atoms with E-state index in [9.17, 15) is 0 Å². The Morgan fingerprint density at radius 3 is 2.73 bits per heavy atom. The monoisotopic (exact) mass is 206 g/mol. The van der Waals surface area contributed by atoms with Gasteiger partial charge in [-0.1, -0.05) is 6.07 Å². The number of aromatic nitrogens is 1. The summed E-state index contributed by atoms with van der Waals surface area (Å²) in [7, 11) is 0. The Bertz CT molecular complexity index is 292. The molecule has 0 radical (unpaired) electrons. The molecule has 1 fully saturated rings. The number of ether oxygens (including phenoxy) is 1. The zero-order chi connectivity index (χ0) is 10.7. The minimum atomic E-state index is 0.338. The predicted octanol–water partition coefficient (Wildman–Crippen LogP) is 1.69. The normalized spacial score (nSPS) is 27.9. The van der Waals surface area contributed by atoms with Gasteiger partial charge in [-0.2, -0.15) is 0 Å². The van der Waals surface area contributed by atoms with Gasteiger partial charge in [0.15, 0.2) is 0 Å². The lowest BCUT2D eigenvalue weighted by atomic mass is 10.2. The van der Waals surface area contributed by atoms with Gasteiger partial charge >= 0.3 is 0 Å². The van der Waals surface area contributed by atoms with Crippen molar-refractivity contribution in [3.05, 3.63) is 30.1 Å². The summed E-state index contributed by atoms with van der Waals surface area (Å²) in [6, 6.07) is 4.11. The van der Waals surface area contributed by atoms with E-state index >= 15 is 0 Å². The molecule has 1 aliphatic heterocycles. The minimum Gasteiger partial charge on any atom is -0.373 e. The van der Waals surface area contributed by atoms with Gasteiger partial charge in [-0.05, 0) is 25.5 Å². The first-order chi connectivity index (χ1) is 7.24. The molecular formula is C12H18N2O. The van der Waals surface area contributed by atoms with Crippen molar-refractivity contribution in [2.45, 2.75) is 32.6 Å². The summed E-state index contributed by atoms with van der Waals surface area (Å²) in [5, 5.41) is 0. The molecule has 0 aromatic carbocycles. The average Bonchev–Trinajstić information content (AvgIpc) is 2.17. The van der Waals surface area contributed by atoms with Crippen molar-refractivity contribution in [1.29, 1.82) is 0 Å². The van der Waals surface area contributed by atoms with Gasteiger partial charge in [0.05, 0.1) is 12.2 Å². The van der Waals surface area contributed by atoms with Gasteiger partial charge in [0.25, 0.3) is 0 Å². The number of hydrogen-bond donors (Lipinski definition) is 0. The minimum absolute atomic E-state index is 0.338. The maximum atomic E-state index is 5.70. The zero-order valence-corrected chi connectivity index (χ0v) is 9.39. The third-order valence-corrected chi connectivity index (χ3v) is 2.62. The first kappa shape index (κ1) is 10.6. The molecule has 2 rings (SSSR count). The first-order valence-corrected chi connectivity index (χ1v) is 5.51. The van der Waals surface area contributed by atoms with Crippen molar-refractivity contribution in [2.75, 3.05) is 13.1 Å². The number of morpholine rings is 1. The first-order valence-electron chi connectivity index (χ1n) is 5.51. The van der Waals surface area contributed by atoms with Crippen molar-refractivity contribution in [3.8, 4) is 0 Å². The maximum absolute atomic E-state index is 5.70. The van der Waals surface area contributed by atoms with E-state index in [1.807, 2.05) is 18.5 Å². The molecule has 0 aliphatic carbocycles. The van der Waals surface area contributed by atoms with Gasteiger partial charge in [-0.15, -0.1) is 0 Å². The second-order valence-electron chi connectivity index (χ2n) is 4.31. The Labute approximate surface area is 91.1 Å². The summed E-state index contributed by atoms with van der Waals surface area (Å²) in [5.41, 5.74) is 1.28. The molecule has 1 aromatic heterocycles. The Balaban J connectivity index is 1.94. The standard InChI is InChI=1S/C12H18N2O/c1-10-7-14(8-11(2)15-10)9-12-4-3-5-13-6-12/h3-6,10-11H,7-9H2,1-2H3/t10-,11-/m1/s1. The van der Waals surface area contributed by atoms with E-state index in [4.69, 9.17) is 4.74 Å². The molecule has 0 bridgehead atoms. The van der Waals surface area contributed by atoms with Gasteiger partial charge in [-0.25, -0.2) is 0 Å². The predicted molar refractivity (Wildman–Crippen MR) is 59.5 cm³/mol. The second kappa shape index (κ2) is 4.73. The van der Waals surface area contributed by atoms with E-state index in [1.54, 1.807) is 0 Å². The fraction of sp³-hybridized carbons (Fsp3) is 0.583. The number of hydrogen-bond acceptors (Lipinski definition) is 3. The lowest BCUT2D eigenvalue weighted by molar-refractivity contribution is -0.0705. The van der Waals surface area contributed by atoms with Crippen LogP contribution in [0, 0.1) is 0 Å². The Morgan fingerprint density at radius 2 is 2.13 bits per heavy atom. The van der Waals surface area contributed by atoms with Crippen LogP contribution in [-0.2, 0) is 11.3 Å². The van der Waals surface area contributed by atoms with Crippen molar-refractivity contribution in [3.63, 3.8) is 0 Å². The van der Waals surface area contributed by atoms with Crippen LogP contribution in [-0.4, -0.2) is 35.2 Å². The van der Waals surface area contributed by atoms with Crippen molar-refractivity contribution in [1.82, 2.24) is 9.88 Å². The molecule has 82 valence electrons. The molecule has 2 heterocycles. The topological polar surface area (TPSA) is 25.4 Å². The van der Waals surface area contributed by atoms with E-state index in [0.717, 1.165) is 19.6 Å². The number of pyridine rings is 1. The fourth-order valence-electron chi connectivity index (χ4n) is 2.16. The van der Waals surface area contributed by atoms with E-state index < -0.39 is 0 Å². The third kappa shape index (κ3) is 3.01.